The molecule has 0 aliphatic rings. The number of aliphatic hydroxyl groups excluding tert-OH is 1. The standard InChI is InChI=1S/C11H15NO6S/c1-7(13)10(11(14)15)12-19(16,17)9-5-3-8(18-2)4-6-9/h3-7,10,12-13H,1-2H3,(H,14,15)/t7-,10-/m1/s1. The van der Waals surface area contributed by atoms with Gasteiger partial charge in [-0.1, -0.05) is 0 Å². The van der Waals surface area contributed by atoms with Crippen molar-refractivity contribution in [3.05, 3.63) is 24.3 Å². The number of methoxy groups -OCH3 is 1. The van der Waals surface area contributed by atoms with E-state index in [9.17, 15) is 18.3 Å². The summed E-state index contributed by atoms with van der Waals surface area (Å²) in [7, 11) is -2.58. The molecule has 0 bridgehead atoms. The summed E-state index contributed by atoms with van der Waals surface area (Å²) in [6.07, 6.45) is -1.36. The first kappa shape index (κ1) is 15.4. The van der Waals surface area contributed by atoms with Gasteiger partial charge in [-0.2, -0.15) is 4.72 Å². The summed E-state index contributed by atoms with van der Waals surface area (Å²) in [5.41, 5.74) is 0. The summed E-state index contributed by atoms with van der Waals surface area (Å²) in [6, 6.07) is 3.83. The molecule has 0 radical (unpaired) electrons. The van der Waals surface area contributed by atoms with Gasteiger partial charge in [-0.25, -0.2) is 8.42 Å². The van der Waals surface area contributed by atoms with Gasteiger partial charge in [0.25, 0.3) is 0 Å². The van der Waals surface area contributed by atoms with Gasteiger partial charge in [0.15, 0.2) is 0 Å². The number of rotatable bonds is 6. The zero-order valence-electron chi connectivity index (χ0n) is 10.4. The number of hydrogen-bond donors (Lipinski definition) is 3. The molecule has 0 heterocycles. The van der Waals surface area contributed by atoms with E-state index in [0.717, 1.165) is 0 Å². The van der Waals surface area contributed by atoms with Crippen LogP contribution >= 0.6 is 0 Å². The van der Waals surface area contributed by atoms with Crippen molar-refractivity contribution in [1.82, 2.24) is 4.72 Å². The molecule has 2 atom stereocenters. The van der Waals surface area contributed by atoms with Crippen LogP contribution in [0.25, 0.3) is 0 Å². The largest absolute Gasteiger partial charge is 0.497 e. The summed E-state index contributed by atoms with van der Waals surface area (Å²) in [5.74, 6) is -0.976. The molecule has 0 saturated carbocycles. The number of carboxylic acids is 1. The molecule has 0 aliphatic carbocycles. The molecule has 0 fully saturated rings. The van der Waals surface area contributed by atoms with Crippen molar-refractivity contribution in [1.29, 1.82) is 0 Å². The topological polar surface area (TPSA) is 113 Å². The highest BCUT2D eigenvalue weighted by Gasteiger charge is 2.29. The molecule has 0 spiro atoms. The molecule has 3 N–H and O–H groups in total. The van der Waals surface area contributed by atoms with E-state index in [4.69, 9.17) is 9.84 Å². The number of sulfonamides is 1. The zero-order valence-corrected chi connectivity index (χ0v) is 11.2. The Balaban J connectivity index is 2.99. The van der Waals surface area contributed by atoms with Crippen LogP contribution in [0, 0.1) is 0 Å². The lowest BCUT2D eigenvalue weighted by Gasteiger charge is -2.17. The minimum atomic E-state index is -4.02. The van der Waals surface area contributed by atoms with Crippen molar-refractivity contribution in [2.45, 2.75) is 24.0 Å². The van der Waals surface area contributed by atoms with E-state index in [-0.39, 0.29) is 4.90 Å². The van der Waals surface area contributed by atoms with Crippen molar-refractivity contribution in [2.24, 2.45) is 0 Å². The first-order chi connectivity index (χ1) is 8.77. The second kappa shape index (κ2) is 6.00. The van der Waals surface area contributed by atoms with Gasteiger partial charge in [0.2, 0.25) is 10.0 Å². The highest BCUT2D eigenvalue weighted by molar-refractivity contribution is 7.89. The van der Waals surface area contributed by atoms with Crippen LogP contribution in [-0.4, -0.2) is 43.9 Å². The molecular formula is C11H15NO6S. The molecule has 0 saturated heterocycles. The normalized spacial score (nSPS) is 14.7. The second-order valence-corrected chi connectivity index (χ2v) is 5.57. The van der Waals surface area contributed by atoms with Gasteiger partial charge in [0.1, 0.15) is 11.8 Å². The SMILES string of the molecule is COc1ccc(S(=O)(=O)N[C@@H](C(=O)O)[C@@H](C)O)cc1. The molecule has 106 valence electrons. The van der Waals surface area contributed by atoms with Crippen molar-refractivity contribution < 1.29 is 28.2 Å². The Morgan fingerprint density at radius 2 is 1.84 bits per heavy atom. The van der Waals surface area contributed by atoms with Crippen LogP contribution in [0.4, 0.5) is 0 Å². The molecule has 19 heavy (non-hydrogen) atoms. The maximum atomic E-state index is 11.9. The lowest BCUT2D eigenvalue weighted by molar-refractivity contribution is -0.141. The summed E-state index contributed by atoms with van der Waals surface area (Å²) >= 11 is 0. The van der Waals surface area contributed by atoms with Gasteiger partial charge in [-0.3, -0.25) is 4.79 Å². The first-order valence-corrected chi connectivity index (χ1v) is 6.83. The predicted molar refractivity (Wildman–Crippen MR) is 66.4 cm³/mol. The van der Waals surface area contributed by atoms with Crippen LogP contribution in [-0.2, 0) is 14.8 Å². The van der Waals surface area contributed by atoms with E-state index in [1.54, 1.807) is 0 Å². The third kappa shape index (κ3) is 3.91. The zero-order chi connectivity index (χ0) is 14.6. The average Bonchev–Trinajstić information content (AvgIpc) is 2.35. The third-order valence-electron chi connectivity index (χ3n) is 2.40. The van der Waals surface area contributed by atoms with E-state index in [1.807, 2.05) is 4.72 Å². The fourth-order valence-electron chi connectivity index (χ4n) is 1.35. The van der Waals surface area contributed by atoms with Gasteiger partial charge in [0.05, 0.1) is 18.1 Å². The van der Waals surface area contributed by atoms with Crippen LogP contribution in [0.2, 0.25) is 0 Å². The number of nitrogens with one attached hydrogen (secondary N) is 1. The fourth-order valence-corrected chi connectivity index (χ4v) is 2.61. The third-order valence-corrected chi connectivity index (χ3v) is 3.86. The summed E-state index contributed by atoms with van der Waals surface area (Å²) < 4.78 is 30.7. The summed E-state index contributed by atoms with van der Waals surface area (Å²) in [4.78, 5) is 10.7. The van der Waals surface area contributed by atoms with Crippen molar-refractivity contribution >= 4 is 16.0 Å². The molecular weight excluding hydrogens is 274 g/mol. The van der Waals surface area contributed by atoms with Crippen LogP contribution in [0.15, 0.2) is 29.2 Å². The number of carbonyl (C=O) groups is 1. The summed E-state index contributed by atoms with van der Waals surface area (Å²) in [5, 5.41) is 18.1. The van der Waals surface area contributed by atoms with E-state index in [2.05, 4.69) is 0 Å². The quantitative estimate of drug-likeness (QED) is 0.669. The molecule has 0 amide bonds. The number of ether oxygens (including phenoxy) is 1. The maximum Gasteiger partial charge on any atom is 0.324 e. The van der Waals surface area contributed by atoms with Crippen molar-refractivity contribution in [3.8, 4) is 5.75 Å². The monoisotopic (exact) mass is 289 g/mol. The number of aliphatic hydroxyl groups is 1. The van der Waals surface area contributed by atoms with E-state index in [1.165, 1.54) is 38.3 Å². The second-order valence-electron chi connectivity index (χ2n) is 3.85. The van der Waals surface area contributed by atoms with Gasteiger partial charge >= 0.3 is 5.97 Å². The Bertz CT molecular complexity index is 537. The predicted octanol–water partition coefficient (Wildman–Crippen LogP) is -0.193. The van der Waals surface area contributed by atoms with Crippen molar-refractivity contribution in [3.63, 3.8) is 0 Å². The fraction of sp³-hybridized carbons (Fsp3) is 0.364. The Labute approximate surface area is 110 Å². The Morgan fingerprint density at radius 1 is 1.32 bits per heavy atom. The van der Waals surface area contributed by atoms with Crippen LogP contribution in [0.3, 0.4) is 0 Å². The van der Waals surface area contributed by atoms with Gasteiger partial charge < -0.3 is 14.9 Å². The Kier molecular flexibility index (Phi) is 4.87. The molecule has 0 aliphatic heterocycles. The van der Waals surface area contributed by atoms with E-state index >= 15 is 0 Å². The molecule has 7 nitrogen and oxygen atoms in total. The lowest BCUT2D eigenvalue weighted by Crippen LogP contribution is -2.47. The van der Waals surface area contributed by atoms with E-state index in [0.29, 0.717) is 5.75 Å². The highest BCUT2D eigenvalue weighted by atomic mass is 32.2. The van der Waals surface area contributed by atoms with Gasteiger partial charge in [-0.05, 0) is 31.2 Å². The van der Waals surface area contributed by atoms with Gasteiger partial charge in [0, 0.05) is 0 Å². The minimum absolute atomic E-state index is 0.111. The molecule has 0 unspecified atom stereocenters. The molecule has 1 aromatic carbocycles. The van der Waals surface area contributed by atoms with Crippen LogP contribution in [0.5, 0.6) is 5.75 Å². The highest BCUT2D eigenvalue weighted by Crippen LogP contribution is 2.16. The molecule has 1 aromatic rings. The number of hydrogen-bond acceptors (Lipinski definition) is 5. The number of benzene rings is 1. The van der Waals surface area contributed by atoms with Crippen LogP contribution in [0.1, 0.15) is 6.92 Å². The molecule has 1 rings (SSSR count). The average molecular weight is 289 g/mol. The maximum absolute atomic E-state index is 11.9. The number of aliphatic carboxylic acids is 1. The summed E-state index contributed by atoms with van der Waals surface area (Å²) in [6.45, 7) is 1.19. The Morgan fingerprint density at radius 3 is 2.21 bits per heavy atom. The van der Waals surface area contributed by atoms with Crippen LogP contribution < -0.4 is 9.46 Å². The molecule has 0 aromatic heterocycles. The minimum Gasteiger partial charge on any atom is -0.497 e. The smallest absolute Gasteiger partial charge is 0.324 e. The van der Waals surface area contributed by atoms with E-state index < -0.39 is 28.1 Å². The first-order valence-electron chi connectivity index (χ1n) is 5.35. The van der Waals surface area contributed by atoms with Gasteiger partial charge in [-0.15, -0.1) is 0 Å². The molecule has 8 heteroatoms. The van der Waals surface area contributed by atoms with Crippen molar-refractivity contribution in [2.75, 3.05) is 7.11 Å². The number of carboxylic acid groups (broad SMARTS) is 1. The lowest BCUT2D eigenvalue weighted by atomic mass is 10.2. The Hall–Kier alpha value is -1.64.